The molecule has 0 aromatic heterocycles. The highest BCUT2D eigenvalue weighted by Gasteiger charge is 2.39. The minimum Gasteiger partial charge on any atom is -0.455 e. The van der Waals surface area contributed by atoms with Crippen molar-refractivity contribution in [1.82, 2.24) is 4.90 Å². The number of likely N-dealkylation sites (tertiary alicyclic amines) is 1. The predicted octanol–water partition coefficient (Wildman–Crippen LogP) is 3.66. The van der Waals surface area contributed by atoms with Gasteiger partial charge in [-0.2, -0.15) is 0 Å². The third-order valence-electron chi connectivity index (χ3n) is 5.08. The van der Waals surface area contributed by atoms with E-state index in [9.17, 15) is 14.4 Å². The first kappa shape index (κ1) is 20.0. The number of rotatable bonds is 5. The lowest BCUT2D eigenvalue weighted by Crippen LogP contribution is -2.38. The Morgan fingerprint density at radius 1 is 1.19 bits per heavy atom. The van der Waals surface area contributed by atoms with Gasteiger partial charge in [-0.25, -0.2) is 0 Å². The summed E-state index contributed by atoms with van der Waals surface area (Å²) in [6.07, 6.45) is 5.59. The Kier molecular flexibility index (Phi) is 6.60. The van der Waals surface area contributed by atoms with Crippen LogP contribution in [0.3, 0.4) is 0 Å². The van der Waals surface area contributed by atoms with Gasteiger partial charge in [0, 0.05) is 19.0 Å². The number of amides is 2. The molecule has 1 aliphatic heterocycles. The van der Waals surface area contributed by atoms with E-state index in [1.165, 1.54) is 6.42 Å². The van der Waals surface area contributed by atoms with Gasteiger partial charge in [-0.1, -0.05) is 48.5 Å². The summed E-state index contributed by atoms with van der Waals surface area (Å²) in [6.45, 7) is -0.0557. The topological polar surface area (TPSA) is 75.7 Å². The molecule has 6 nitrogen and oxygen atoms in total. The molecule has 1 atom stereocenters. The second-order valence-electron chi connectivity index (χ2n) is 7.00. The average molecular weight is 413 g/mol. The lowest BCUT2D eigenvalue weighted by Gasteiger charge is -2.31. The second kappa shape index (κ2) is 8.93. The molecule has 1 aromatic rings. The Labute approximate surface area is 168 Å². The Bertz CT molecular complexity index is 734. The van der Waals surface area contributed by atoms with Crippen LogP contribution >= 0.6 is 23.2 Å². The minimum absolute atomic E-state index is 0.000916. The molecular formula is C19H22Cl2N2O4. The van der Waals surface area contributed by atoms with Crippen LogP contribution in [0.2, 0.25) is 10.0 Å². The number of carbonyl (C=O) groups excluding carboxylic acids is 3. The highest BCUT2D eigenvalue weighted by Crippen LogP contribution is 2.30. The summed E-state index contributed by atoms with van der Waals surface area (Å²) >= 11 is 11.9. The van der Waals surface area contributed by atoms with Crippen molar-refractivity contribution in [2.75, 3.05) is 18.5 Å². The molecule has 2 aliphatic rings. The van der Waals surface area contributed by atoms with Crippen molar-refractivity contribution in [3.05, 3.63) is 28.2 Å². The normalized spacial score (nSPS) is 20.6. The molecule has 1 aromatic carbocycles. The van der Waals surface area contributed by atoms with Crippen LogP contribution in [-0.2, 0) is 19.1 Å². The molecule has 1 saturated heterocycles. The number of ether oxygens (including phenoxy) is 1. The lowest BCUT2D eigenvalue weighted by atomic mass is 9.94. The van der Waals surface area contributed by atoms with Gasteiger partial charge in [0.15, 0.2) is 6.61 Å². The number of nitrogens with zero attached hydrogens (tertiary/aromatic N) is 1. The fourth-order valence-corrected chi connectivity index (χ4v) is 4.02. The first-order chi connectivity index (χ1) is 13.0. The van der Waals surface area contributed by atoms with Crippen LogP contribution in [0, 0.1) is 5.92 Å². The molecule has 1 N–H and O–H groups in total. The molecular weight excluding hydrogens is 391 g/mol. The summed E-state index contributed by atoms with van der Waals surface area (Å²) in [6, 6.07) is 5.09. The van der Waals surface area contributed by atoms with Gasteiger partial charge in [0.05, 0.1) is 21.7 Å². The molecule has 8 heteroatoms. The smallest absolute Gasteiger partial charge is 0.311 e. The summed E-state index contributed by atoms with van der Waals surface area (Å²) in [4.78, 5) is 38.3. The van der Waals surface area contributed by atoms with Gasteiger partial charge < -0.3 is 15.0 Å². The number of benzene rings is 1. The van der Waals surface area contributed by atoms with E-state index in [0.29, 0.717) is 17.3 Å². The number of hydrogen-bond acceptors (Lipinski definition) is 4. The maximum atomic E-state index is 12.3. The van der Waals surface area contributed by atoms with E-state index >= 15 is 0 Å². The summed E-state index contributed by atoms with van der Waals surface area (Å²) in [7, 11) is 0. The number of halogens is 2. The summed E-state index contributed by atoms with van der Waals surface area (Å²) in [5.41, 5.74) is 0.352. The van der Waals surface area contributed by atoms with Crippen molar-refractivity contribution in [3.63, 3.8) is 0 Å². The number of hydrogen-bond donors (Lipinski definition) is 1. The highest BCUT2D eigenvalue weighted by atomic mass is 35.5. The fraction of sp³-hybridized carbons (Fsp3) is 0.526. The van der Waals surface area contributed by atoms with Gasteiger partial charge in [0.2, 0.25) is 5.91 Å². The van der Waals surface area contributed by atoms with Gasteiger partial charge in [0.25, 0.3) is 5.91 Å². The number of esters is 1. The molecule has 146 valence electrons. The number of anilines is 1. The molecule has 0 spiro atoms. The largest absolute Gasteiger partial charge is 0.455 e. The third-order valence-corrected chi connectivity index (χ3v) is 5.90. The second-order valence-corrected chi connectivity index (χ2v) is 7.78. The van der Waals surface area contributed by atoms with Crippen LogP contribution in [0.4, 0.5) is 5.69 Å². The zero-order valence-corrected chi connectivity index (χ0v) is 16.4. The van der Waals surface area contributed by atoms with Crippen LogP contribution in [0.25, 0.3) is 0 Å². The molecule has 1 heterocycles. The average Bonchev–Trinajstić information content (AvgIpc) is 3.06. The first-order valence-electron chi connectivity index (χ1n) is 9.15. The van der Waals surface area contributed by atoms with Crippen LogP contribution < -0.4 is 5.32 Å². The van der Waals surface area contributed by atoms with Crippen molar-refractivity contribution < 1.29 is 19.1 Å². The van der Waals surface area contributed by atoms with Crippen LogP contribution in [0.15, 0.2) is 18.2 Å². The Morgan fingerprint density at radius 2 is 1.93 bits per heavy atom. The fourth-order valence-electron chi connectivity index (χ4n) is 3.68. The first-order valence-corrected chi connectivity index (χ1v) is 9.91. The lowest BCUT2D eigenvalue weighted by molar-refractivity contribution is -0.151. The van der Waals surface area contributed by atoms with Crippen LogP contribution in [0.5, 0.6) is 0 Å². The van der Waals surface area contributed by atoms with Crippen LogP contribution in [0.1, 0.15) is 38.5 Å². The van der Waals surface area contributed by atoms with Gasteiger partial charge in [-0.3, -0.25) is 14.4 Å². The van der Waals surface area contributed by atoms with E-state index in [1.807, 2.05) is 4.90 Å². The number of carbonyl (C=O) groups is 3. The van der Waals surface area contributed by atoms with Crippen molar-refractivity contribution in [3.8, 4) is 0 Å². The highest BCUT2D eigenvalue weighted by molar-refractivity contribution is 6.44. The van der Waals surface area contributed by atoms with Crippen molar-refractivity contribution >= 4 is 46.7 Å². The molecule has 0 unspecified atom stereocenters. The molecule has 0 bridgehead atoms. The van der Waals surface area contributed by atoms with Crippen LogP contribution in [-0.4, -0.2) is 41.9 Å². The number of nitrogens with one attached hydrogen (secondary N) is 1. The van der Waals surface area contributed by atoms with Crippen molar-refractivity contribution in [1.29, 1.82) is 0 Å². The Balaban J connectivity index is 1.48. The molecule has 1 saturated carbocycles. The van der Waals surface area contributed by atoms with E-state index in [1.54, 1.807) is 18.2 Å². The molecule has 2 amide bonds. The molecule has 27 heavy (non-hydrogen) atoms. The van der Waals surface area contributed by atoms with Crippen molar-refractivity contribution in [2.45, 2.75) is 44.6 Å². The maximum Gasteiger partial charge on any atom is 0.311 e. The van der Waals surface area contributed by atoms with E-state index < -0.39 is 24.4 Å². The molecule has 3 rings (SSSR count). The standard InChI is InChI=1S/C19H22Cl2N2O4/c20-14-7-4-8-15(18(14)21)22-16(24)11-27-19(26)12-9-17(25)23(10-12)13-5-2-1-3-6-13/h4,7-8,12-13H,1-3,5-6,9-11H2,(H,22,24)/t12-/m1/s1. The molecule has 0 radical (unpaired) electrons. The predicted molar refractivity (Wildman–Crippen MR) is 103 cm³/mol. The summed E-state index contributed by atoms with van der Waals surface area (Å²) in [5.74, 6) is -1.55. The van der Waals surface area contributed by atoms with Gasteiger partial charge in [0.1, 0.15) is 0 Å². The SMILES string of the molecule is O=C(COC(=O)[C@@H]1CC(=O)N(C2CCCCC2)C1)Nc1cccc(Cl)c1Cl. The quantitative estimate of drug-likeness (QED) is 0.748. The van der Waals surface area contributed by atoms with Gasteiger partial charge >= 0.3 is 5.97 Å². The molecule has 1 aliphatic carbocycles. The third kappa shape index (κ3) is 4.93. The molecule has 2 fully saturated rings. The van der Waals surface area contributed by atoms with E-state index in [2.05, 4.69) is 5.32 Å². The maximum absolute atomic E-state index is 12.3. The van der Waals surface area contributed by atoms with E-state index in [-0.39, 0.29) is 23.4 Å². The van der Waals surface area contributed by atoms with Gasteiger partial charge in [-0.15, -0.1) is 0 Å². The minimum atomic E-state index is -0.519. The summed E-state index contributed by atoms with van der Waals surface area (Å²) in [5, 5.41) is 3.10. The summed E-state index contributed by atoms with van der Waals surface area (Å²) < 4.78 is 5.11. The van der Waals surface area contributed by atoms with Gasteiger partial charge in [-0.05, 0) is 25.0 Å². The van der Waals surface area contributed by atoms with E-state index in [0.717, 1.165) is 25.7 Å². The van der Waals surface area contributed by atoms with E-state index in [4.69, 9.17) is 27.9 Å². The Morgan fingerprint density at radius 3 is 2.67 bits per heavy atom. The zero-order valence-electron chi connectivity index (χ0n) is 14.9. The monoisotopic (exact) mass is 412 g/mol. The van der Waals surface area contributed by atoms with Crippen molar-refractivity contribution in [2.24, 2.45) is 5.92 Å². The Hall–Kier alpha value is -1.79. The zero-order chi connectivity index (χ0) is 19.4.